The van der Waals surface area contributed by atoms with E-state index in [2.05, 4.69) is 37.9 Å². The Kier molecular flexibility index (Phi) is 3.42. The van der Waals surface area contributed by atoms with Gasteiger partial charge in [-0.25, -0.2) is 9.78 Å². The summed E-state index contributed by atoms with van der Waals surface area (Å²) in [6.45, 7) is 8.55. The van der Waals surface area contributed by atoms with Gasteiger partial charge < -0.3 is 9.67 Å². The standard InChI is InChI=1S/C15H18N2O2/c1-9-5-10(2)13(11(3)6-9)8-17-12(4)16-7-14(17)15(18)19/h5-7H,8H2,1-4H3,(H,18,19). The van der Waals surface area contributed by atoms with Crippen LogP contribution in [0.2, 0.25) is 0 Å². The molecule has 0 radical (unpaired) electrons. The zero-order valence-corrected chi connectivity index (χ0v) is 11.7. The van der Waals surface area contributed by atoms with Crippen molar-refractivity contribution in [3.05, 3.63) is 52.1 Å². The number of hydrogen-bond acceptors (Lipinski definition) is 2. The molecule has 4 heteroatoms. The van der Waals surface area contributed by atoms with E-state index in [0.29, 0.717) is 6.54 Å². The van der Waals surface area contributed by atoms with E-state index >= 15 is 0 Å². The zero-order chi connectivity index (χ0) is 14.2. The lowest BCUT2D eigenvalue weighted by Gasteiger charge is -2.14. The highest BCUT2D eigenvalue weighted by Crippen LogP contribution is 2.19. The van der Waals surface area contributed by atoms with Gasteiger partial charge in [-0.15, -0.1) is 0 Å². The highest BCUT2D eigenvalue weighted by molar-refractivity contribution is 5.85. The van der Waals surface area contributed by atoms with E-state index in [1.807, 2.05) is 6.92 Å². The Morgan fingerprint density at radius 1 is 1.21 bits per heavy atom. The second-order valence-electron chi connectivity index (χ2n) is 4.96. The molecular formula is C15H18N2O2. The van der Waals surface area contributed by atoms with Gasteiger partial charge in [0.05, 0.1) is 12.7 Å². The van der Waals surface area contributed by atoms with Crippen LogP contribution in [0.3, 0.4) is 0 Å². The minimum absolute atomic E-state index is 0.233. The summed E-state index contributed by atoms with van der Waals surface area (Å²) in [5, 5.41) is 9.18. The number of nitrogens with zero attached hydrogens (tertiary/aromatic N) is 2. The lowest BCUT2D eigenvalue weighted by molar-refractivity contribution is 0.0685. The SMILES string of the molecule is Cc1cc(C)c(Cn2c(C(=O)O)cnc2C)c(C)c1. The van der Waals surface area contributed by atoms with E-state index in [1.54, 1.807) is 4.57 Å². The van der Waals surface area contributed by atoms with Crippen LogP contribution in [0.5, 0.6) is 0 Å². The normalized spacial score (nSPS) is 10.7. The fourth-order valence-electron chi connectivity index (χ4n) is 2.46. The number of benzene rings is 1. The minimum Gasteiger partial charge on any atom is -0.477 e. The number of aromatic carboxylic acids is 1. The van der Waals surface area contributed by atoms with Crippen molar-refractivity contribution < 1.29 is 9.90 Å². The van der Waals surface area contributed by atoms with Gasteiger partial charge in [0.2, 0.25) is 0 Å². The molecule has 19 heavy (non-hydrogen) atoms. The van der Waals surface area contributed by atoms with E-state index in [4.69, 9.17) is 0 Å². The predicted octanol–water partition coefficient (Wildman–Crippen LogP) is 2.86. The smallest absolute Gasteiger partial charge is 0.354 e. The summed E-state index contributed by atoms with van der Waals surface area (Å²) in [6, 6.07) is 4.24. The van der Waals surface area contributed by atoms with Crippen molar-refractivity contribution in [3.8, 4) is 0 Å². The Labute approximate surface area is 112 Å². The van der Waals surface area contributed by atoms with Crippen molar-refractivity contribution in [3.63, 3.8) is 0 Å². The summed E-state index contributed by atoms with van der Waals surface area (Å²) < 4.78 is 1.74. The van der Waals surface area contributed by atoms with Gasteiger partial charge in [0.15, 0.2) is 0 Å². The van der Waals surface area contributed by atoms with E-state index in [0.717, 1.165) is 11.4 Å². The van der Waals surface area contributed by atoms with Crippen LogP contribution in [0.1, 0.15) is 38.6 Å². The molecule has 0 saturated carbocycles. The first-order valence-electron chi connectivity index (χ1n) is 6.22. The second-order valence-corrected chi connectivity index (χ2v) is 4.96. The van der Waals surface area contributed by atoms with Crippen molar-refractivity contribution in [2.75, 3.05) is 0 Å². The van der Waals surface area contributed by atoms with Gasteiger partial charge in [-0.05, 0) is 44.4 Å². The van der Waals surface area contributed by atoms with Crippen molar-refractivity contribution in [1.82, 2.24) is 9.55 Å². The molecule has 1 aromatic heterocycles. The van der Waals surface area contributed by atoms with Crippen molar-refractivity contribution in [2.45, 2.75) is 34.2 Å². The molecule has 0 fully saturated rings. The molecule has 4 nitrogen and oxygen atoms in total. The highest BCUT2D eigenvalue weighted by Gasteiger charge is 2.15. The Morgan fingerprint density at radius 2 is 1.79 bits per heavy atom. The largest absolute Gasteiger partial charge is 0.477 e. The Hall–Kier alpha value is -2.10. The third-order valence-electron chi connectivity index (χ3n) is 3.43. The molecule has 0 spiro atoms. The van der Waals surface area contributed by atoms with Gasteiger partial charge in [0.1, 0.15) is 11.5 Å². The van der Waals surface area contributed by atoms with Crippen LogP contribution >= 0.6 is 0 Å². The number of hydrogen-bond donors (Lipinski definition) is 1. The van der Waals surface area contributed by atoms with Crippen LogP contribution in [0.25, 0.3) is 0 Å². The van der Waals surface area contributed by atoms with E-state index in [1.165, 1.54) is 22.9 Å². The average Bonchev–Trinajstić information content (AvgIpc) is 2.65. The zero-order valence-electron chi connectivity index (χ0n) is 11.7. The van der Waals surface area contributed by atoms with Crippen molar-refractivity contribution in [2.24, 2.45) is 0 Å². The summed E-state index contributed by atoms with van der Waals surface area (Å²) in [4.78, 5) is 15.3. The Morgan fingerprint density at radius 3 is 2.32 bits per heavy atom. The third-order valence-corrected chi connectivity index (χ3v) is 3.43. The molecule has 0 atom stereocenters. The van der Waals surface area contributed by atoms with Crippen LogP contribution in [0.4, 0.5) is 0 Å². The molecule has 0 bridgehead atoms. The van der Waals surface area contributed by atoms with E-state index in [-0.39, 0.29) is 5.69 Å². The fourth-order valence-corrected chi connectivity index (χ4v) is 2.46. The maximum atomic E-state index is 11.2. The lowest BCUT2D eigenvalue weighted by atomic mass is 10.00. The average molecular weight is 258 g/mol. The number of aryl methyl sites for hydroxylation is 4. The fraction of sp³-hybridized carbons (Fsp3) is 0.333. The summed E-state index contributed by atoms with van der Waals surface area (Å²) in [7, 11) is 0. The molecule has 0 aliphatic heterocycles. The van der Waals surface area contributed by atoms with Gasteiger partial charge in [0, 0.05) is 0 Å². The topological polar surface area (TPSA) is 55.1 Å². The molecular weight excluding hydrogens is 240 g/mol. The monoisotopic (exact) mass is 258 g/mol. The number of rotatable bonds is 3. The third kappa shape index (κ3) is 2.52. The highest BCUT2D eigenvalue weighted by atomic mass is 16.4. The Bertz CT molecular complexity index is 619. The molecule has 0 aliphatic carbocycles. The van der Waals surface area contributed by atoms with Gasteiger partial charge in [0.25, 0.3) is 0 Å². The number of carbonyl (C=O) groups is 1. The van der Waals surface area contributed by atoms with Gasteiger partial charge in [-0.2, -0.15) is 0 Å². The van der Waals surface area contributed by atoms with Crippen LogP contribution in [0, 0.1) is 27.7 Å². The van der Waals surface area contributed by atoms with Crippen LogP contribution in [0.15, 0.2) is 18.3 Å². The maximum Gasteiger partial charge on any atom is 0.354 e. The first-order chi connectivity index (χ1) is 8.90. The van der Waals surface area contributed by atoms with Crippen LogP contribution < -0.4 is 0 Å². The summed E-state index contributed by atoms with van der Waals surface area (Å²) in [5.41, 5.74) is 4.98. The molecule has 1 aromatic carbocycles. The van der Waals surface area contributed by atoms with Crippen LogP contribution in [-0.4, -0.2) is 20.6 Å². The van der Waals surface area contributed by atoms with Crippen molar-refractivity contribution in [1.29, 1.82) is 0 Å². The molecule has 100 valence electrons. The Balaban J connectivity index is 2.48. The lowest BCUT2D eigenvalue weighted by Crippen LogP contribution is -2.12. The first kappa shape index (κ1) is 13.3. The van der Waals surface area contributed by atoms with E-state index in [9.17, 15) is 9.90 Å². The molecule has 1 N–H and O–H groups in total. The maximum absolute atomic E-state index is 11.2. The number of imidazole rings is 1. The summed E-state index contributed by atoms with van der Waals surface area (Å²) in [5.74, 6) is -0.222. The predicted molar refractivity (Wildman–Crippen MR) is 73.7 cm³/mol. The number of carboxylic acids is 1. The molecule has 2 rings (SSSR count). The van der Waals surface area contributed by atoms with Gasteiger partial charge in [-0.3, -0.25) is 0 Å². The molecule has 0 aliphatic rings. The van der Waals surface area contributed by atoms with Crippen LogP contribution in [-0.2, 0) is 6.54 Å². The molecule has 2 aromatic rings. The number of aromatic nitrogens is 2. The summed E-state index contributed by atoms with van der Waals surface area (Å²) >= 11 is 0. The van der Waals surface area contributed by atoms with E-state index < -0.39 is 5.97 Å². The van der Waals surface area contributed by atoms with Gasteiger partial charge >= 0.3 is 5.97 Å². The molecule has 0 amide bonds. The molecule has 0 unspecified atom stereocenters. The minimum atomic E-state index is -0.942. The van der Waals surface area contributed by atoms with Gasteiger partial charge in [-0.1, -0.05) is 17.7 Å². The second kappa shape index (κ2) is 4.88. The number of carboxylic acid groups (broad SMARTS) is 1. The molecule has 0 saturated heterocycles. The quantitative estimate of drug-likeness (QED) is 0.921. The summed E-state index contributed by atoms with van der Waals surface area (Å²) in [6.07, 6.45) is 1.41. The van der Waals surface area contributed by atoms with Crippen molar-refractivity contribution >= 4 is 5.97 Å². The first-order valence-corrected chi connectivity index (χ1v) is 6.22. The molecule has 1 heterocycles.